The molecule has 0 amide bonds. The van der Waals surface area contributed by atoms with Gasteiger partial charge in [-0.25, -0.2) is 8.42 Å². The fourth-order valence-corrected chi connectivity index (χ4v) is 5.52. The number of rotatable bonds is 5. The van der Waals surface area contributed by atoms with E-state index in [1.165, 1.54) is 34.1 Å². The van der Waals surface area contributed by atoms with Crippen molar-refractivity contribution in [2.24, 2.45) is 0 Å². The Kier molecular flexibility index (Phi) is 5.05. The highest BCUT2D eigenvalue weighted by atomic mass is 32.2. The maximum atomic E-state index is 13.2. The molecule has 1 N–H and O–H groups in total. The second kappa shape index (κ2) is 7.50. The number of morpholine rings is 1. The molecule has 4 rings (SSSR count). The Hall–Kier alpha value is -2.49. The maximum absolute atomic E-state index is 13.2. The van der Waals surface area contributed by atoms with Crippen molar-refractivity contribution in [2.75, 3.05) is 31.6 Å². The lowest BCUT2D eigenvalue weighted by atomic mass is 9.94. The quantitative estimate of drug-likeness (QED) is 0.608. The largest absolute Gasteiger partial charge is 0.384 e. The number of hydrogen-bond donors (Lipinski definition) is 1. The van der Waals surface area contributed by atoms with Gasteiger partial charge in [-0.05, 0) is 30.2 Å². The van der Waals surface area contributed by atoms with E-state index >= 15 is 0 Å². The maximum Gasteiger partial charge on any atom is 0.269 e. The molecule has 9 heteroatoms. The van der Waals surface area contributed by atoms with Crippen LogP contribution in [0.4, 0.5) is 11.4 Å². The molecular weight excluding hydrogens is 382 g/mol. The Labute approximate surface area is 163 Å². The first-order chi connectivity index (χ1) is 13.5. The van der Waals surface area contributed by atoms with E-state index < -0.39 is 14.9 Å². The summed E-state index contributed by atoms with van der Waals surface area (Å²) >= 11 is 0. The van der Waals surface area contributed by atoms with E-state index in [1.807, 2.05) is 18.2 Å². The number of anilines is 1. The molecule has 0 aliphatic carbocycles. The van der Waals surface area contributed by atoms with Crippen LogP contribution in [0.15, 0.2) is 53.4 Å². The average molecular weight is 403 g/mol. The predicted octanol–water partition coefficient (Wildman–Crippen LogP) is 2.58. The minimum absolute atomic E-state index is 0.0648. The first kappa shape index (κ1) is 18.9. The van der Waals surface area contributed by atoms with Crippen molar-refractivity contribution in [1.29, 1.82) is 0 Å². The summed E-state index contributed by atoms with van der Waals surface area (Å²) in [6.45, 7) is 1.71. The topological polar surface area (TPSA) is 102 Å². The van der Waals surface area contributed by atoms with Crippen LogP contribution in [0.5, 0.6) is 0 Å². The monoisotopic (exact) mass is 403 g/mol. The fourth-order valence-electron chi connectivity index (χ4n) is 3.91. The van der Waals surface area contributed by atoms with Crippen molar-refractivity contribution < 1.29 is 18.1 Å². The SMILES string of the molecule is O=[N+]([O-])c1ccc(S(=O)(=O)N2CCOCC2CC2CNc3ccccc32)cc1. The summed E-state index contributed by atoms with van der Waals surface area (Å²) in [6.07, 6.45) is 0.649. The third-order valence-electron chi connectivity index (χ3n) is 5.32. The molecule has 0 saturated carbocycles. The molecule has 2 unspecified atom stereocenters. The van der Waals surface area contributed by atoms with Crippen molar-refractivity contribution >= 4 is 21.4 Å². The lowest BCUT2D eigenvalue weighted by Gasteiger charge is -2.35. The predicted molar refractivity (Wildman–Crippen MR) is 104 cm³/mol. The molecule has 8 nitrogen and oxygen atoms in total. The van der Waals surface area contributed by atoms with Crippen LogP contribution in [0.25, 0.3) is 0 Å². The molecule has 1 saturated heterocycles. The van der Waals surface area contributed by atoms with Gasteiger partial charge in [0.25, 0.3) is 5.69 Å². The number of nitro groups is 1. The number of hydrogen-bond acceptors (Lipinski definition) is 6. The Balaban J connectivity index is 1.57. The molecule has 0 bridgehead atoms. The summed E-state index contributed by atoms with van der Waals surface area (Å²) in [5.41, 5.74) is 2.15. The van der Waals surface area contributed by atoms with Crippen molar-refractivity contribution in [3.63, 3.8) is 0 Å². The van der Waals surface area contributed by atoms with Crippen LogP contribution in [0.3, 0.4) is 0 Å². The van der Waals surface area contributed by atoms with Gasteiger partial charge in [0.05, 0.1) is 23.0 Å². The number of non-ortho nitro benzene ring substituents is 1. The highest BCUT2D eigenvalue weighted by molar-refractivity contribution is 7.89. The van der Waals surface area contributed by atoms with Gasteiger partial charge in [-0.3, -0.25) is 10.1 Å². The molecule has 2 heterocycles. The number of nitrogens with zero attached hydrogens (tertiary/aromatic N) is 2. The molecule has 0 aromatic heterocycles. The van der Waals surface area contributed by atoms with Crippen molar-refractivity contribution in [1.82, 2.24) is 4.31 Å². The molecular formula is C19H21N3O5S. The smallest absolute Gasteiger partial charge is 0.269 e. The molecule has 0 radical (unpaired) electrons. The standard InChI is InChI=1S/C19H21N3O5S/c23-22(24)15-5-7-17(8-6-15)28(25,26)21-9-10-27-13-16(21)11-14-12-20-19-4-2-1-3-18(14)19/h1-8,14,16,20H,9-13H2. The second-order valence-electron chi connectivity index (χ2n) is 7.00. The highest BCUT2D eigenvalue weighted by Gasteiger charge is 2.37. The van der Waals surface area contributed by atoms with Crippen LogP contribution in [0.2, 0.25) is 0 Å². The number of nitrogens with one attached hydrogen (secondary N) is 1. The lowest BCUT2D eigenvalue weighted by Crippen LogP contribution is -2.49. The van der Waals surface area contributed by atoms with E-state index in [-0.39, 0.29) is 29.1 Å². The van der Waals surface area contributed by atoms with E-state index in [0.717, 1.165) is 12.2 Å². The molecule has 1 fully saturated rings. The Morgan fingerprint density at radius 3 is 2.68 bits per heavy atom. The van der Waals surface area contributed by atoms with E-state index in [2.05, 4.69) is 11.4 Å². The van der Waals surface area contributed by atoms with Gasteiger partial charge in [-0.2, -0.15) is 4.31 Å². The normalized spacial score (nSPS) is 22.4. The molecule has 2 atom stereocenters. The van der Waals surface area contributed by atoms with Gasteiger partial charge in [0, 0.05) is 42.9 Å². The van der Waals surface area contributed by atoms with E-state index in [1.54, 1.807) is 0 Å². The van der Waals surface area contributed by atoms with E-state index in [4.69, 9.17) is 4.74 Å². The Bertz CT molecular complexity index is 977. The molecule has 2 aliphatic rings. The summed E-state index contributed by atoms with van der Waals surface area (Å²) in [6, 6.07) is 12.8. The van der Waals surface area contributed by atoms with Gasteiger partial charge < -0.3 is 10.1 Å². The number of fused-ring (bicyclic) bond motifs is 1. The summed E-state index contributed by atoms with van der Waals surface area (Å²) in [7, 11) is -3.76. The highest BCUT2D eigenvalue weighted by Crippen LogP contribution is 2.36. The van der Waals surface area contributed by atoms with E-state index in [0.29, 0.717) is 19.6 Å². The molecule has 148 valence electrons. The molecule has 2 aliphatic heterocycles. The second-order valence-corrected chi connectivity index (χ2v) is 8.89. The van der Waals surface area contributed by atoms with Crippen molar-refractivity contribution in [2.45, 2.75) is 23.3 Å². The van der Waals surface area contributed by atoms with Crippen LogP contribution in [0, 0.1) is 10.1 Å². The molecule has 0 spiro atoms. The summed E-state index contributed by atoms with van der Waals surface area (Å²) in [5, 5.41) is 14.2. The average Bonchev–Trinajstić information content (AvgIpc) is 3.11. The summed E-state index contributed by atoms with van der Waals surface area (Å²) in [4.78, 5) is 10.4. The number of ether oxygens (including phenoxy) is 1. The number of sulfonamides is 1. The first-order valence-corrected chi connectivity index (χ1v) is 10.6. The minimum Gasteiger partial charge on any atom is -0.384 e. The zero-order chi connectivity index (χ0) is 19.7. The van der Waals surface area contributed by atoms with Crippen LogP contribution in [0.1, 0.15) is 17.9 Å². The van der Waals surface area contributed by atoms with Crippen LogP contribution in [-0.2, 0) is 14.8 Å². The van der Waals surface area contributed by atoms with E-state index in [9.17, 15) is 18.5 Å². The van der Waals surface area contributed by atoms with Crippen molar-refractivity contribution in [3.8, 4) is 0 Å². The number of benzene rings is 2. The van der Waals surface area contributed by atoms with Crippen LogP contribution < -0.4 is 5.32 Å². The van der Waals surface area contributed by atoms with Gasteiger partial charge >= 0.3 is 0 Å². The third-order valence-corrected chi connectivity index (χ3v) is 7.29. The first-order valence-electron chi connectivity index (χ1n) is 9.13. The van der Waals surface area contributed by atoms with Gasteiger partial charge in [0.1, 0.15) is 0 Å². The number of para-hydroxylation sites is 1. The summed E-state index contributed by atoms with van der Waals surface area (Å²) in [5.74, 6) is 0.206. The fraction of sp³-hybridized carbons (Fsp3) is 0.368. The minimum atomic E-state index is -3.76. The Morgan fingerprint density at radius 1 is 1.18 bits per heavy atom. The van der Waals surface area contributed by atoms with Gasteiger partial charge in [-0.1, -0.05) is 18.2 Å². The zero-order valence-corrected chi connectivity index (χ0v) is 16.0. The van der Waals surface area contributed by atoms with Crippen LogP contribution >= 0.6 is 0 Å². The molecule has 2 aromatic carbocycles. The third kappa shape index (κ3) is 3.48. The van der Waals surface area contributed by atoms with Crippen molar-refractivity contribution in [3.05, 3.63) is 64.2 Å². The van der Waals surface area contributed by atoms with Gasteiger partial charge in [0.2, 0.25) is 10.0 Å². The molecule has 28 heavy (non-hydrogen) atoms. The van der Waals surface area contributed by atoms with Gasteiger partial charge in [-0.15, -0.1) is 0 Å². The number of nitro benzene ring substituents is 1. The van der Waals surface area contributed by atoms with Crippen LogP contribution in [-0.4, -0.2) is 50.0 Å². The summed E-state index contributed by atoms with van der Waals surface area (Å²) < 4.78 is 33.4. The molecule has 2 aromatic rings. The zero-order valence-electron chi connectivity index (χ0n) is 15.2. The lowest BCUT2D eigenvalue weighted by molar-refractivity contribution is -0.384. The van der Waals surface area contributed by atoms with Gasteiger partial charge in [0.15, 0.2) is 0 Å². The Morgan fingerprint density at radius 2 is 1.93 bits per heavy atom.